The maximum atomic E-state index is 13.9. The number of benzene rings is 4. The molecule has 6 nitrogen and oxygen atoms in total. The Bertz CT molecular complexity index is 1550. The Morgan fingerprint density at radius 3 is 2.20 bits per heavy atom. The fourth-order valence-corrected chi connectivity index (χ4v) is 4.86. The smallest absolute Gasteiger partial charge is 0.303 e. The number of aliphatic carboxylic acids is 1. The van der Waals surface area contributed by atoms with Gasteiger partial charge in [-0.05, 0) is 66.1 Å². The second kappa shape index (κ2) is 12.0. The number of amides is 1. The van der Waals surface area contributed by atoms with Crippen molar-refractivity contribution in [1.82, 2.24) is 4.90 Å². The number of anilines is 2. The van der Waals surface area contributed by atoms with Gasteiger partial charge in [-0.25, -0.2) is 4.39 Å². The molecule has 1 heterocycles. The second-order valence-corrected chi connectivity index (χ2v) is 9.96. The Labute approximate surface area is 232 Å². The van der Waals surface area contributed by atoms with Crippen LogP contribution in [0.3, 0.4) is 0 Å². The summed E-state index contributed by atoms with van der Waals surface area (Å²) in [5, 5.41) is 15.2. The predicted molar refractivity (Wildman–Crippen MR) is 156 cm³/mol. The highest BCUT2D eigenvalue weighted by Gasteiger charge is 2.29. The molecule has 1 aliphatic rings. The molecule has 0 saturated carbocycles. The summed E-state index contributed by atoms with van der Waals surface area (Å²) in [4.78, 5) is 26.3. The molecule has 1 amide bonds. The number of fused-ring (bicyclic) bond motifs is 1. The van der Waals surface area contributed by atoms with Crippen LogP contribution >= 0.6 is 0 Å². The van der Waals surface area contributed by atoms with Crippen LogP contribution in [0.1, 0.15) is 34.2 Å². The van der Waals surface area contributed by atoms with Gasteiger partial charge >= 0.3 is 5.97 Å². The maximum Gasteiger partial charge on any atom is 0.303 e. The van der Waals surface area contributed by atoms with E-state index in [1.54, 1.807) is 6.07 Å². The van der Waals surface area contributed by atoms with Crippen LogP contribution in [-0.2, 0) is 29.1 Å². The van der Waals surface area contributed by atoms with Crippen molar-refractivity contribution >= 4 is 34.5 Å². The molecule has 0 atom stereocenters. The highest BCUT2D eigenvalue weighted by Crippen LogP contribution is 2.38. The number of nitrogens with one attached hydrogen (secondary N) is 2. The largest absolute Gasteiger partial charge is 0.481 e. The number of carboxylic acids is 1. The summed E-state index contributed by atoms with van der Waals surface area (Å²) < 4.78 is 13.9. The average molecular weight is 536 g/mol. The lowest BCUT2D eigenvalue weighted by molar-refractivity contribution is -0.137. The lowest BCUT2D eigenvalue weighted by atomic mass is 9.98. The summed E-state index contributed by atoms with van der Waals surface area (Å²) in [6.07, 6.45) is 0.456. The fourth-order valence-electron chi connectivity index (χ4n) is 4.86. The van der Waals surface area contributed by atoms with Gasteiger partial charge in [-0.1, -0.05) is 66.7 Å². The van der Waals surface area contributed by atoms with Gasteiger partial charge in [0.1, 0.15) is 5.82 Å². The zero-order chi connectivity index (χ0) is 28.1. The highest BCUT2D eigenvalue weighted by atomic mass is 19.1. The molecular weight excluding hydrogens is 505 g/mol. The first-order chi connectivity index (χ1) is 19.4. The molecule has 0 radical (unpaired) electrons. The number of carbonyl (C=O) groups is 2. The molecule has 7 heteroatoms. The number of rotatable bonds is 10. The van der Waals surface area contributed by atoms with Gasteiger partial charge in [0.25, 0.3) is 5.91 Å². The summed E-state index contributed by atoms with van der Waals surface area (Å²) >= 11 is 0. The van der Waals surface area contributed by atoms with Crippen molar-refractivity contribution < 1.29 is 19.1 Å². The minimum atomic E-state index is -0.852. The standard InChI is InChI=1S/C33H30FN3O3/c1-37(20-23-5-3-2-4-6-23)21-24-9-15-27(16-10-24)35-32(25-12-7-22(8-13-25)11-18-30(38)39)31-28-17-14-26(34)19-29(28)36-33(31)40/h2-10,12-17,19,35H,11,18,20-21H2,1H3,(H,36,40)(H,38,39)/b32-31-. The molecule has 0 spiro atoms. The van der Waals surface area contributed by atoms with Crippen LogP contribution in [0.5, 0.6) is 0 Å². The summed E-state index contributed by atoms with van der Waals surface area (Å²) in [5.74, 6) is -1.60. The van der Waals surface area contributed by atoms with Crippen LogP contribution in [0.4, 0.5) is 15.8 Å². The quantitative estimate of drug-likeness (QED) is 0.205. The molecule has 4 aromatic carbocycles. The van der Waals surface area contributed by atoms with Gasteiger partial charge in [-0.2, -0.15) is 0 Å². The van der Waals surface area contributed by atoms with Crippen LogP contribution in [0.15, 0.2) is 97.1 Å². The van der Waals surface area contributed by atoms with Gasteiger partial charge in [0, 0.05) is 30.8 Å². The van der Waals surface area contributed by atoms with Crippen LogP contribution in [0, 0.1) is 5.82 Å². The molecule has 0 bridgehead atoms. The van der Waals surface area contributed by atoms with E-state index in [4.69, 9.17) is 5.11 Å². The molecular formula is C33H30FN3O3. The molecule has 40 heavy (non-hydrogen) atoms. The zero-order valence-electron chi connectivity index (χ0n) is 22.2. The Hall–Kier alpha value is -4.75. The number of nitrogens with zero attached hydrogens (tertiary/aromatic N) is 1. The van der Waals surface area contributed by atoms with Crippen molar-refractivity contribution in [2.24, 2.45) is 0 Å². The summed E-state index contributed by atoms with van der Waals surface area (Å²) in [7, 11) is 2.08. The zero-order valence-corrected chi connectivity index (χ0v) is 22.2. The Kier molecular flexibility index (Phi) is 8.03. The van der Waals surface area contributed by atoms with E-state index in [0.29, 0.717) is 28.9 Å². The number of hydrogen-bond acceptors (Lipinski definition) is 4. The Morgan fingerprint density at radius 2 is 1.52 bits per heavy atom. The van der Waals surface area contributed by atoms with Crippen molar-refractivity contribution in [1.29, 1.82) is 0 Å². The first-order valence-corrected chi connectivity index (χ1v) is 13.1. The summed E-state index contributed by atoms with van der Waals surface area (Å²) in [6, 6.07) is 30.1. The molecule has 202 valence electrons. The number of hydrogen-bond donors (Lipinski definition) is 3. The van der Waals surface area contributed by atoms with Gasteiger partial charge in [0.2, 0.25) is 0 Å². The average Bonchev–Trinajstić information content (AvgIpc) is 3.26. The molecule has 0 saturated heterocycles. The lowest BCUT2D eigenvalue weighted by Gasteiger charge is -2.18. The van der Waals surface area contributed by atoms with Crippen LogP contribution < -0.4 is 10.6 Å². The number of carboxylic acid groups (broad SMARTS) is 1. The number of carbonyl (C=O) groups excluding carboxylic acids is 1. The van der Waals surface area contributed by atoms with Crippen molar-refractivity contribution in [2.75, 3.05) is 17.7 Å². The minimum absolute atomic E-state index is 0.0414. The van der Waals surface area contributed by atoms with Crippen molar-refractivity contribution in [3.8, 4) is 0 Å². The number of aryl methyl sites for hydroxylation is 1. The van der Waals surface area contributed by atoms with Crippen molar-refractivity contribution in [2.45, 2.75) is 25.9 Å². The monoisotopic (exact) mass is 535 g/mol. The maximum absolute atomic E-state index is 13.9. The molecule has 5 rings (SSSR count). The van der Waals surface area contributed by atoms with Gasteiger partial charge in [0.15, 0.2) is 0 Å². The molecule has 3 N–H and O–H groups in total. The number of halogens is 1. The SMILES string of the molecule is CN(Cc1ccccc1)Cc1ccc(N/C(=C2\C(=O)Nc3cc(F)ccc32)c2ccc(CCC(=O)O)cc2)cc1. The Balaban J connectivity index is 1.41. The Morgan fingerprint density at radius 1 is 0.875 bits per heavy atom. The minimum Gasteiger partial charge on any atom is -0.481 e. The van der Waals surface area contributed by atoms with E-state index in [0.717, 1.165) is 35.5 Å². The van der Waals surface area contributed by atoms with Crippen LogP contribution in [0.25, 0.3) is 11.3 Å². The molecule has 0 aliphatic carbocycles. The normalized spacial score (nSPS) is 13.6. The van der Waals surface area contributed by atoms with Gasteiger partial charge in [-0.15, -0.1) is 0 Å². The third-order valence-electron chi connectivity index (χ3n) is 6.82. The van der Waals surface area contributed by atoms with E-state index >= 15 is 0 Å². The molecule has 4 aromatic rings. The third-order valence-corrected chi connectivity index (χ3v) is 6.82. The fraction of sp³-hybridized carbons (Fsp3) is 0.152. The molecule has 0 aromatic heterocycles. The van der Waals surface area contributed by atoms with Crippen molar-refractivity contribution in [3.05, 3.63) is 131 Å². The van der Waals surface area contributed by atoms with Gasteiger partial charge < -0.3 is 15.7 Å². The van der Waals surface area contributed by atoms with E-state index in [1.165, 1.54) is 17.7 Å². The first-order valence-electron chi connectivity index (χ1n) is 13.1. The van der Waals surface area contributed by atoms with E-state index < -0.39 is 11.8 Å². The first kappa shape index (κ1) is 26.8. The van der Waals surface area contributed by atoms with Crippen LogP contribution in [-0.4, -0.2) is 28.9 Å². The highest BCUT2D eigenvalue weighted by molar-refractivity contribution is 6.37. The van der Waals surface area contributed by atoms with Gasteiger partial charge in [-0.3, -0.25) is 14.5 Å². The van der Waals surface area contributed by atoms with E-state index in [-0.39, 0.29) is 12.3 Å². The predicted octanol–water partition coefficient (Wildman–Crippen LogP) is 6.41. The lowest BCUT2D eigenvalue weighted by Crippen LogP contribution is -2.17. The summed E-state index contributed by atoms with van der Waals surface area (Å²) in [6.45, 7) is 1.62. The molecule has 0 unspecified atom stereocenters. The second-order valence-electron chi connectivity index (χ2n) is 9.96. The van der Waals surface area contributed by atoms with Gasteiger partial charge in [0.05, 0.1) is 17.0 Å². The van der Waals surface area contributed by atoms with E-state index in [9.17, 15) is 14.0 Å². The molecule has 0 fully saturated rings. The van der Waals surface area contributed by atoms with Crippen molar-refractivity contribution in [3.63, 3.8) is 0 Å². The van der Waals surface area contributed by atoms with Crippen LogP contribution in [0.2, 0.25) is 0 Å². The van der Waals surface area contributed by atoms with E-state index in [1.807, 2.05) is 54.6 Å². The van der Waals surface area contributed by atoms with E-state index in [2.05, 4.69) is 46.8 Å². The molecule has 1 aliphatic heterocycles. The summed E-state index contributed by atoms with van der Waals surface area (Å²) in [5.41, 5.74) is 6.89. The third kappa shape index (κ3) is 6.45. The topological polar surface area (TPSA) is 81.7 Å².